The molecule has 7 heteroatoms. The second kappa shape index (κ2) is 8.85. The van der Waals surface area contributed by atoms with E-state index in [9.17, 15) is 9.90 Å². The number of carbonyl (C=O) groups excluding carboxylic acids is 1. The van der Waals surface area contributed by atoms with Crippen molar-refractivity contribution in [1.82, 2.24) is 15.1 Å². The monoisotopic (exact) mass is 489 g/mol. The van der Waals surface area contributed by atoms with E-state index in [1.807, 2.05) is 61.4 Å². The molecule has 0 aliphatic carbocycles. The summed E-state index contributed by atoms with van der Waals surface area (Å²) in [7, 11) is 0. The summed E-state index contributed by atoms with van der Waals surface area (Å²) in [5.41, 5.74) is 6.06. The maximum absolute atomic E-state index is 13.6. The number of aromatic hydroxyl groups is 1. The average molecular weight is 490 g/mol. The van der Waals surface area contributed by atoms with Gasteiger partial charge >= 0.3 is 0 Å². The molecule has 2 heterocycles. The fourth-order valence-electron chi connectivity index (χ4n) is 4.65. The number of halogens is 1. The number of hydrogen-bond donors (Lipinski definition) is 2. The number of amides is 1. The van der Waals surface area contributed by atoms with Gasteiger partial charge in [0.25, 0.3) is 5.91 Å². The molecule has 1 unspecified atom stereocenters. The average Bonchev–Trinajstić information content (AvgIpc) is 3.37. The van der Waals surface area contributed by atoms with Crippen LogP contribution >= 0.6 is 23.4 Å². The van der Waals surface area contributed by atoms with E-state index >= 15 is 0 Å². The minimum atomic E-state index is -0.372. The molecule has 34 heavy (non-hydrogen) atoms. The molecular formula is C27H24ClN3O2S. The number of phenolic OH excluding ortho intramolecular Hbond substituents is 1. The summed E-state index contributed by atoms with van der Waals surface area (Å²) in [5, 5.41) is 19.0. The van der Waals surface area contributed by atoms with Crippen LogP contribution in [0.15, 0.2) is 65.6 Å². The normalized spacial score (nSPS) is 15.1. The number of benzene rings is 3. The number of hydrogen-bond acceptors (Lipinski definition) is 4. The van der Waals surface area contributed by atoms with Crippen molar-refractivity contribution in [3.8, 4) is 17.0 Å². The first-order chi connectivity index (χ1) is 16.4. The molecular weight excluding hydrogens is 466 g/mol. The Bertz CT molecular complexity index is 1400. The number of rotatable bonds is 5. The largest absolute Gasteiger partial charge is 0.507 e. The lowest BCUT2D eigenvalue weighted by Gasteiger charge is -2.27. The number of nitrogens with one attached hydrogen (secondary N) is 1. The zero-order chi connectivity index (χ0) is 24.0. The molecule has 1 amide bonds. The fourth-order valence-corrected chi connectivity index (χ4v) is 5.25. The second-order valence-corrected chi connectivity index (χ2v) is 9.83. The Morgan fingerprint density at radius 1 is 1.12 bits per heavy atom. The maximum atomic E-state index is 13.6. The quantitative estimate of drug-likeness (QED) is 0.313. The summed E-state index contributed by atoms with van der Waals surface area (Å²) in [4.78, 5) is 16.6. The molecule has 5 nitrogen and oxygen atoms in total. The Morgan fingerprint density at radius 2 is 1.85 bits per heavy atom. The van der Waals surface area contributed by atoms with Crippen LogP contribution in [0.3, 0.4) is 0 Å². The highest BCUT2D eigenvalue weighted by Crippen LogP contribution is 2.46. The van der Waals surface area contributed by atoms with Crippen molar-refractivity contribution >= 4 is 29.3 Å². The molecule has 0 spiro atoms. The van der Waals surface area contributed by atoms with Crippen LogP contribution < -0.4 is 0 Å². The minimum absolute atomic E-state index is 0.142. The molecule has 4 aromatic rings. The lowest BCUT2D eigenvalue weighted by molar-refractivity contribution is 0.0730. The van der Waals surface area contributed by atoms with Crippen LogP contribution in [0.25, 0.3) is 11.3 Å². The van der Waals surface area contributed by atoms with Crippen molar-refractivity contribution in [3.05, 3.63) is 99.2 Å². The molecule has 0 radical (unpaired) electrons. The zero-order valence-electron chi connectivity index (χ0n) is 19.1. The highest BCUT2D eigenvalue weighted by atomic mass is 35.5. The summed E-state index contributed by atoms with van der Waals surface area (Å²) in [6, 6.07) is 19.3. The molecule has 0 fully saturated rings. The lowest BCUT2D eigenvalue weighted by atomic mass is 9.94. The van der Waals surface area contributed by atoms with E-state index in [1.165, 1.54) is 0 Å². The second-order valence-electron chi connectivity index (χ2n) is 8.54. The number of thioether (sulfide) groups is 1. The predicted molar refractivity (Wildman–Crippen MR) is 137 cm³/mol. The van der Waals surface area contributed by atoms with Gasteiger partial charge in [0.2, 0.25) is 0 Å². The molecule has 5 rings (SSSR count). The van der Waals surface area contributed by atoms with Gasteiger partial charge in [0.05, 0.1) is 6.04 Å². The van der Waals surface area contributed by atoms with Gasteiger partial charge in [0.15, 0.2) is 0 Å². The number of nitrogens with zero attached hydrogens (tertiary/aromatic N) is 2. The topological polar surface area (TPSA) is 69.2 Å². The van der Waals surface area contributed by atoms with Gasteiger partial charge in [-0.25, -0.2) is 0 Å². The van der Waals surface area contributed by atoms with E-state index in [2.05, 4.69) is 34.5 Å². The summed E-state index contributed by atoms with van der Waals surface area (Å²) < 4.78 is 0. The van der Waals surface area contributed by atoms with Crippen molar-refractivity contribution in [2.24, 2.45) is 0 Å². The summed E-state index contributed by atoms with van der Waals surface area (Å²) in [6.07, 6.45) is 2.03. The van der Waals surface area contributed by atoms with Crippen molar-refractivity contribution in [1.29, 1.82) is 0 Å². The first-order valence-corrected chi connectivity index (χ1v) is 12.6. The van der Waals surface area contributed by atoms with Gasteiger partial charge in [-0.2, -0.15) is 5.10 Å². The Balaban J connectivity index is 1.69. The van der Waals surface area contributed by atoms with Gasteiger partial charge in [-0.3, -0.25) is 9.89 Å². The van der Waals surface area contributed by atoms with E-state index in [0.29, 0.717) is 28.5 Å². The Kier molecular flexibility index (Phi) is 5.88. The van der Waals surface area contributed by atoms with Crippen LogP contribution in [0.2, 0.25) is 5.02 Å². The summed E-state index contributed by atoms with van der Waals surface area (Å²) >= 11 is 8.13. The van der Waals surface area contributed by atoms with Gasteiger partial charge in [-0.15, -0.1) is 11.8 Å². The molecule has 0 bridgehead atoms. The zero-order valence-corrected chi connectivity index (χ0v) is 20.7. The van der Waals surface area contributed by atoms with Gasteiger partial charge in [-0.1, -0.05) is 48.0 Å². The van der Waals surface area contributed by atoms with E-state index in [4.69, 9.17) is 11.6 Å². The van der Waals surface area contributed by atoms with Crippen LogP contribution in [-0.4, -0.2) is 32.4 Å². The molecule has 1 aromatic heterocycles. The van der Waals surface area contributed by atoms with Crippen LogP contribution in [0.4, 0.5) is 0 Å². The molecule has 172 valence electrons. The molecule has 1 aliphatic heterocycles. The first-order valence-electron chi connectivity index (χ1n) is 11.0. The lowest BCUT2D eigenvalue weighted by Crippen LogP contribution is -2.29. The molecule has 0 saturated heterocycles. The van der Waals surface area contributed by atoms with E-state index in [-0.39, 0.29) is 17.7 Å². The van der Waals surface area contributed by atoms with Crippen molar-refractivity contribution < 1.29 is 9.90 Å². The number of H-pyrrole nitrogens is 1. The third-order valence-electron chi connectivity index (χ3n) is 6.29. The van der Waals surface area contributed by atoms with Gasteiger partial charge in [0, 0.05) is 27.6 Å². The van der Waals surface area contributed by atoms with E-state index in [1.54, 1.807) is 11.8 Å². The summed E-state index contributed by atoms with van der Waals surface area (Å²) in [6.45, 7) is 4.21. The highest BCUT2D eigenvalue weighted by Gasteiger charge is 2.42. The number of fused-ring (bicyclic) bond motifs is 1. The summed E-state index contributed by atoms with van der Waals surface area (Å²) in [5.74, 6) is 0.0323. The molecule has 0 saturated carbocycles. The van der Waals surface area contributed by atoms with Crippen molar-refractivity contribution in [2.75, 3.05) is 6.26 Å². The van der Waals surface area contributed by atoms with Crippen molar-refractivity contribution in [2.45, 2.75) is 31.3 Å². The Morgan fingerprint density at radius 3 is 2.56 bits per heavy atom. The minimum Gasteiger partial charge on any atom is -0.507 e. The predicted octanol–water partition coefficient (Wildman–Crippen LogP) is 6.52. The molecule has 1 aliphatic rings. The first kappa shape index (κ1) is 22.6. The van der Waals surface area contributed by atoms with Crippen LogP contribution in [-0.2, 0) is 6.54 Å². The Labute approximate surface area is 207 Å². The third kappa shape index (κ3) is 3.77. The number of aromatic amines is 1. The van der Waals surface area contributed by atoms with Gasteiger partial charge in [0.1, 0.15) is 17.1 Å². The number of phenols is 1. The highest BCUT2D eigenvalue weighted by molar-refractivity contribution is 7.98. The van der Waals surface area contributed by atoms with Crippen LogP contribution in [0, 0.1) is 13.8 Å². The maximum Gasteiger partial charge on any atom is 0.273 e. The van der Waals surface area contributed by atoms with E-state index < -0.39 is 0 Å². The number of aryl methyl sites for hydroxylation is 2. The molecule has 2 N–H and O–H groups in total. The van der Waals surface area contributed by atoms with Crippen LogP contribution in [0.1, 0.15) is 44.3 Å². The Hall–Kier alpha value is -3.22. The smallest absolute Gasteiger partial charge is 0.273 e. The number of aromatic nitrogens is 2. The SMILES string of the molecule is CSc1ccc(C2c3c(-c4cc(C)cc(C)c4O)n[nH]c3C(=O)N2Cc2ccccc2Cl)cc1. The van der Waals surface area contributed by atoms with Gasteiger partial charge in [-0.05, 0) is 66.6 Å². The van der Waals surface area contributed by atoms with Crippen LogP contribution in [0.5, 0.6) is 5.75 Å². The van der Waals surface area contributed by atoms with E-state index in [0.717, 1.165) is 32.7 Å². The molecule has 1 atom stereocenters. The van der Waals surface area contributed by atoms with Crippen molar-refractivity contribution in [3.63, 3.8) is 0 Å². The standard InChI is InChI=1S/C27H24ClN3O2S/c1-15-12-16(2)26(32)20(13-15)23-22-24(30-29-23)27(33)31(14-18-6-4-5-7-21(18)28)25(22)17-8-10-19(34-3)11-9-17/h4-13,25,32H,14H2,1-3H3,(H,29,30). The fraction of sp³-hybridized carbons (Fsp3) is 0.185. The van der Waals surface area contributed by atoms with Gasteiger partial charge < -0.3 is 10.0 Å². The number of carbonyl (C=O) groups is 1. The third-order valence-corrected chi connectivity index (χ3v) is 7.41. The molecule has 3 aromatic carbocycles.